The maximum Gasteiger partial charge on any atom is 0.0346 e. The summed E-state index contributed by atoms with van der Waals surface area (Å²) in [6.07, 6.45) is 5.89. The molecule has 0 heterocycles. The van der Waals surface area contributed by atoms with Gasteiger partial charge in [-0.25, -0.2) is 0 Å². The maximum atomic E-state index is 5.94. The van der Waals surface area contributed by atoms with E-state index < -0.39 is 0 Å². The van der Waals surface area contributed by atoms with E-state index in [2.05, 4.69) is 30.4 Å². The second kappa shape index (κ2) is 4.93. The van der Waals surface area contributed by atoms with Crippen molar-refractivity contribution in [2.45, 2.75) is 39.2 Å². The highest BCUT2D eigenvalue weighted by Crippen LogP contribution is 2.48. The normalized spacial score (nSPS) is 19.4. The molecule has 2 saturated carbocycles. The Labute approximate surface area is 110 Å². The van der Waals surface area contributed by atoms with Gasteiger partial charge in [0.05, 0.1) is 0 Å². The van der Waals surface area contributed by atoms with Crippen LogP contribution in [0.25, 0.3) is 0 Å². The molecule has 0 radical (unpaired) electrons. The first kappa shape index (κ1) is 12.0. The summed E-state index contributed by atoms with van der Waals surface area (Å²) in [7, 11) is 0. The molecule has 0 amide bonds. The molecule has 18 heavy (non-hydrogen) atoms. The van der Waals surface area contributed by atoms with Gasteiger partial charge in [0, 0.05) is 12.2 Å². The molecule has 0 saturated heterocycles. The molecular formula is C16H24N2. The zero-order valence-electron chi connectivity index (χ0n) is 11.3. The first-order valence-corrected chi connectivity index (χ1v) is 7.30. The van der Waals surface area contributed by atoms with Gasteiger partial charge in [0.1, 0.15) is 0 Å². The van der Waals surface area contributed by atoms with Gasteiger partial charge in [-0.2, -0.15) is 0 Å². The predicted octanol–water partition coefficient (Wildman–Crippen LogP) is 3.10. The van der Waals surface area contributed by atoms with E-state index in [1.165, 1.54) is 43.4 Å². The Bertz CT molecular complexity index is 407. The van der Waals surface area contributed by atoms with Crippen LogP contribution in [0.5, 0.6) is 0 Å². The van der Waals surface area contributed by atoms with E-state index in [1.807, 2.05) is 0 Å². The van der Waals surface area contributed by atoms with Crippen LogP contribution in [0, 0.1) is 24.7 Å². The molecule has 0 spiro atoms. The van der Waals surface area contributed by atoms with Crippen LogP contribution in [0.3, 0.4) is 0 Å². The number of anilines is 1. The third-order valence-corrected chi connectivity index (χ3v) is 4.51. The topological polar surface area (TPSA) is 38.0 Å². The molecule has 1 aromatic carbocycles. The summed E-state index contributed by atoms with van der Waals surface area (Å²) in [5, 5.41) is 3.64. The van der Waals surface area contributed by atoms with Crippen molar-refractivity contribution in [3.05, 3.63) is 29.3 Å². The molecule has 2 aliphatic rings. The van der Waals surface area contributed by atoms with Crippen LogP contribution in [-0.4, -0.2) is 6.54 Å². The molecule has 98 valence electrons. The SMILES string of the molecule is Cc1ccc(CNCC(C2CC2)C2CC2)cc1N. The number of rotatable bonds is 6. The van der Waals surface area contributed by atoms with Crippen molar-refractivity contribution >= 4 is 5.69 Å². The lowest BCUT2D eigenvalue weighted by atomic mass is 9.98. The molecule has 1 aromatic rings. The smallest absolute Gasteiger partial charge is 0.0346 e. The summed E-state index contributed by atoms with van der Waals surface area (Å²) >= 11 is 0. The zero-order valence-corrected chi connectivity index (χ0v) is 11.3. The second-order valence-corrected chi connectivity index (χ2v) is 6.16. The number of hydrogen-bond acceptors (Lipinski definition) is 2. The van der Waals surface area contributed by atoms with Crippen LogP contribution in [0.15, 0.2) is 18.2 Å². The minimum absolute atomic E-state index is 0.912. The van der Waals surface area contributed by atoms with Gasteiger partial charge in [0.2, 0.25) is 0 Å². The van der Waals surface area contributed by atoms with E-state index >= 15 is 0 Å². The number of aryl methyl sites for hydroxylation is 1. The minimum atomic E-state index is 0.912. The van der Waals surface area contributed by atoms with Crippen LogP contribution in [0.1, 0.15) is 36.8 Å². The third-order valence-electron chi connectivity index (χ3n) is 4.51. The van der Waals surface area contributed by atoms with Gasteiger partial charge < -0.3 is 11.1 Å². The van der Waals surface area contributed by atoms with Gasteiger partial charge in [0.15, 0.2) is 0 Å². The van der Waals surface area contributed by atoms with E-state index in [0.29, 0.717) is 0 Å². The lowest BCUT2D eigenvalue weighted by Gasteiger charge is -2.16. The van der Waals surface area contributed by atoms with Crippen molar-refractivity contribution in [1.82, 2.24) is 5.32 Å². The summed E-state index contributed by atoms with van der Waals surface area (Å²) < 4.78 is 0. The highest BCUT2D eigenvalue weighted by molar-refractivity contribution is 5.48. The van der Waals surface area contributed by atoms with Crippen LogP contribution in [0.2, 0.25) is 0 Å². The summed E-state index contributed by atoms with van der Waals surface area (Å²) in [5.41, 5.74) is 9.34. The fraction of sp³-hybridized carbons (Fsp3) is 0.625. The summed E-state index contributed by atoms with van der Waals surface area (Å²) in [6.45, 7) is 4.21. The van der Waals surface area contributed by atoms with E-state index in [4.69, 9.17) is 5.73 Å². The number of benzene rings is 1. The van der Waals surface area contributed by atoms with Crippen molar-refractivity contribution in [3.63, 3.8) is 0 Å². The third kappa shape index (κ3) is 2.86. The minimum Gasteiger partial charge on any atom is -0.399 e. The average molecular weight is 244 g/mol. The van der Waals surface area contributed by atoms with Crippen molar-refractivity contribution in [3.8, 4) is 0 Å². The van der Waals surface area contributed by atoms with Gasteiger partial charge in [-0.1, -0.05) is 12.1 Å². The van der Waals surface area contributed by atoms with Crippen molar-refractivity contribution in [2.24, 2.45) is 17.8 Å². The first-order valence-electron chi connectivity index (χ1n) is 7.30. The van der Waals surface area contributed by atoms with Crippen molar-refractivity contribution < 1.29 is 0 Å². The Morgan fingerprint density at radius 1 is 1.22 bits per heavy atom. The molecule has 0 aliphatic heterocycles. The van der Waals surface area contributed by atoms with Gasteiger partial charge in [-0.3, -0.25) is 0 Å². The molecule has 0 unspecified atom stereocenters. The van der Waals surface area contributed by atoms with E-state index in [1.54, 1.807) is 0 Å². The van der Waals surface area contributed by atoms with Gasteiger partial charge in [0.25, 0.3) is 0 Å². The van der Waals surface area contributed by atoms with Crippen LogP contribution >= 0.6 is 0 Å². The second-order valence-electron chi connectivity index (χ2n) is 6.16. The van der Waals surface area contributed by atoms with Crippen LogP contribution in [-0.2, 0) is 6.54 Å². The molecule has 2 nitrogen and oxygen atoms in total. The molecule has 3 rings (SSSR count). The maximum absolute atomic E-state index is 5.94. The standard InChI is InChI=1S/C16H24N2/c1-11-2-3-12(8-16(11)17)9-18-10-15(13-4-5-13)14-6-7-14/h2-3,8,13-15,18H,4-7,9-10,17H2,1H3. The van der Waals surface area contributed by atoms with Gasteiger partial charge >= 0.3 is 0 Å². The van der Waals surface area contributed by atoms with Crippen molar-refractivity contribution in [2.75, 3.05) is 12.3 Å². The molecule has 0 aromatic heterocycles. The Morgan fingerprint density at radius 3 is 2.44 bits per heavy atom. The van der Waals surface area contributed by atoms with Crippen molar-refractivity contribution in [1.29, 1.82) is 0 Å². The molecular weight excluding hydrogens is 220 g/mol. The Hall–Kier alpha value is -1.02. The molecule has 2 aliphatic carbocycles. The Balaban J connectivity index is 1.49. The average Bonchev–Trinajstić information content (AvgIpc) is 3.22. The molecule has 0 atom stereocenters. The number of nitrogens with one attached hydrogen (secondary N) is 1. The molecule has 2 fully saturated rings. The fourth-order valence-corrected chi connectivity index (χ4v) is 2.95. The molecule has 2 heteroatoms. The summed E-state index contributed by atoms with van der Waals surface area (Å²) in [4.78, 5) is 0. The largest absolute Gasteiger partial charge is 0.399 e. The zero-order chi connectivity index (χ0) is 12.5. The quantitative estimate of drug-likeness (QED) is 0.755. The Morgan fingerprint density at radius 2 is 1.89 bits per heavy atom. The Kier molecular flexibility index (Phi) is 3.29. The van der Waals surface area contributed by atoms with Gasteiger partial charge in [-0.15, -0.1) is 0 Å². The first-order chi connectivity index (χ1) is 8.74. The highest BCUT2D eigenvalue weighted by atomic mass is 14.9. The molecule has 0 bridgehead atoms. The number of nitrogen functional groups attached to an aromatic ring is 1. The van der Waals surface area contributed by atoms with E-state index in [-0.39, 0.29) is 0 Å². The van der Waals surface area contributed by atoms with Crippen LogP contribution < -0.4 is 11.1 Å². The lowest BCUT2D eigenvalue weighted by Crippen LogP contribution is -2.25. The fourth-order valence-electron chi connectivity index (χ4n) is 2.95. The lowest BCUT2D eigenvalue weighted by molar-refractivity contribution is 0.378. The predicted molar refractivity (Wildman–Crippen MR) is 76.2 cm³/mol. The number of hydrogen-bond donors (Lipinski definition) is 2. The van der Waals surface area contributed by atoms with E-state index in [0.717, 1.165) is 30.0 Å². The summed E-state index contributed by atoms with van der Waals surface area (Å²) in [6, 6.07) is 6.40. The number of nitrogens with two attached hydrogens (primary N) is 1. The van der Waals surface area contributed by atoms with Crippen LogP contribution in [0.4, 0.5) is 5.69 Å². The molecule has 3 N–H and O–H groups in total. The summed E-state index contributed by atoms with van der Waals surface area (Å²) in [5.74, 6) is 3.02. The monoisotopic (exact) mass is 244 g/mol. The van der Waals surface area contributed by atoms with Gasteiger partial charge in [-0.05, 0) is 74.1 Å². The highest BCUT2D eigenvalue weighted by Gasteiger charge is 2.40. The van der Waals surface area contributed by atoms with E-state index in [9.17, 15) is 0 Å².